The molecule has 0 radical (unpaired) electrons. The average Bonchev–Trinajstić information content (AvgIpc) is 2.72. The van der Waals surface area contributed by atoms with Crippen molar-refractivity contribution in [1.82, 2.24) is 4.98 Å². The van der Waals surface area contributed by atoms with Crippen LogP contribution in [0.15, 0.2) is 24.3 Å². The van der Waals surface area contributed by atoms with Gasteiger partial charge in [-0.3, -0.25) is 0 Å². The van der Waals surface area contributed by atoms with E-state index in [1.165, 1.54) is 19.2 Å². The molecule has 0 atom stereocenters. The summed E-state index contributed by atoms with van der Waals surface area (Å²) in [4.78, 5) is 14.0. The Labute approximate surface area is 95.1 Å². The normalized spacial score (nSPS) is 10.8. The highest BCUT2D eigenvalue weighted by Gasteiger charge is 2.14. The van der Waals surface area contributed by atoms with Gasteiger partial charge in [0.05, 0.1) is 7.11 Å². The Morgan fingerprint density at radius 2 is 2.18 bits per heavy atom. The van der Waals surface area contributed by atoms with Gasteiger partial charge in [-0.15, -0.1) is 0 Å². The zero-order valence-corrected chi connectivity index (χ0v) is 8.87. The van der Waals surface area contributed by atoms with Crippen molar-refractivity contribution in [3.05, 3.63) is 30.0 Å². The number of rotatable bonds is 3. The Morgan fingerprint density at radius 1 is 1.41 bits per heavy atom. The van der Waals surface area contributed by atoms with Crippen LogP contribution in [0.5, 0.6) is 5.75 Å². The van der Waals surface area contributed by atoms with Crippen molar-refractivity contribution < 1.29 is 23.0 Å². The van der Waals surface area contributed by atoms with Crippen LogP contribution in [0.1, 0.15) is 10.5 Å². The summed E-state index contributed by atoms with van der Waals surface area (Å²) in [5.74, 6) is -0.548. The molecule has 0 spiro atoms. The molecular weight excluding hydrogens is 232 g/mol. The topological polar surface area (TPSA) is 51.3 Å². The molecule has 1 N–H and O–H groups in total. The Morgan fingerprint density at radius 3 is 2.82 bits per heavy atom. The van der Waals surface area contributed by atoms with Gasteiger partial charge in [-0.05, 0) is 18.2 Å². The van der Waals surface area contributed by atoms with Crippen molar-refractivity contribution in [2.45, 2.75) is 6.61 Å². The van der Waals surface area contributed by atoms with Gasteiger partial charge < -0.3 is 14.5 Å². The molecule has 0 aliphatic rings. The van der Waals surface area contributed by atoms with Crippen molar-refractivity contribution in [3.63, 3.8) is 0 Å². The number of benzene rings is 1. The monoisotopic (exact) mass is 241 g/mol. The maximum absolute atomic E-state index is 12.2. The lowest BCUT2D eigenvalue weighted by Gasteiger charge is -2.04. The molecule has 0 bridgehead atoms. The molecule has 2 rings (SSSR count). The number of hydrogen-bond acceptors (Lipinski definition) is 3. The fourth-order valence-corrected chi connectivity index (χ4v) is 1.55. The summed E-state index contributed by atoms with van der Waals surface area (Å²) in [5.41, 5.74) is 0.719. The van der Waals surface area contributed by atoms with Crippen molar-refractivity contribution in [2.24, 2.45) is 0 Å². The third-order valence-corrected chi connectivity index (χ3v) is 2.25. The molecule has 0 unspecified atom stereocenters. The molecule has 17 heavy (non-hydrogen) atoms. The van der Waals surface area contributed by atoms with Crippen LogP contribution in [0.4, 0.5) is 8.78 Å². The number of nitrogens with one attached hydrogen (secondary N) is 1. The molecule has 1 aromatic heterocycles. The van der Waals surface area contributed by atoms with E-state index in [0.717, 1.165) is 0 Å². The number of aromatic nitrogens is 1. The van der Waals surface area contributed by atoms with Gasteiger partial charge in [-0.25, -0.2) is 4.79 Å². The van der Waals surface area contributed by atoms with Gasteiger partial charge in [-0.1, -0.05) is 6.07 Å². The van der Waals surface area contributed by atoms with E-state index < -0.39 is 12.6 Å². The molecule has 0 fully saturated rings. The minimum atomic E-state index is -2.91. The predicted octanol–water partition coefficient (Wildman–Crippen LogP) is 2.56. The number of aromatic amines is 1. The number of hydrogen-bond donors (Lipinski definition) is 1. The minimum Gasteiger partial charge on any atom is -0.464 e. The summed E-state index contributed by atoms with van der Waals surface area (Å²) in [7, 11) is 1.24. The van der Waals surface area contributed by atoms with Gasteiger partial charge >= 0.3 is 12.6 Å². The second-order valence-corrected chi connectivity index (χ2v) is 3.27. The smallest absolute Gasteiger partial charge is 0.387 e. The maximum Gasteiger partial charge on any atom is 0.387 e. The van der Waals surface area contributed by atoms with E-state index in [1.807, 2.05) is 0 Å². The Balaban J connectivity index is 2.49. The van der Waals surface area contributed by atoms with E-state index in [0.29, 0.717) is 10.9 Å². The van der Waals surface area contributed by atoms with Gasteiger partial charge in [0, 0.05) is 10.9 Å². The summed E-state index contributed by atoms with van der Waals surface area (Å²) in [6.07, 6.45) is 0. The molecule has 6 heteroatoms. The first-order valence-electron chi connectivity index (χ1n) is 4.76. The molecule has 2 aromatic rings. The highest BCUT2D eigenvalue weighted by Crippen LogP contribution is 2.27. The number of ether oxygens (including phenoxy) is 2. The van der Waals surface area contributed by atoms with Crippen LogP contribution >= 0.6 is 0 Å². The Bertz CT molecular complexity index is 551. The maximum atomic E-state index is 12.2. The number of methoxy groups -OCH3 is 1. The molecule has 1 heterocycles. The summed E-state index contributed by atoms with van der Waals surface area (Å²) in [6, 6.07) is 6.03. The number of esters is 1. The third kappa shape index (κ3) is 2.20. The second kappa shape index (κ2) is 4.40. The van der Waals surface area contributed by atoms with Crippen LogP contribution < -0.4 is 4.74 Å². The van der Waals surface area contributed by atoms with Gasteiger partial charge in [0.25, 0.3) is 0 Å². The fraction of sp³-hybridized carbons (Fsp3) is 0.182. The zero-order valence-electron chi connectivity index (χ0n) is 8.87. The van der Waals surface area contributed by atoms with E-state index in [-0.39, 0.29) is 11.4 Å². The van der Waals surface area contributed by atoms with E-state index >= 15 is 0 Å². The molecule has 0 aliphatic carbocycles. The fourth-order valence-electron chi connectivity index (χ4n) is 1.55. The lowest BCUT2D eigenvalue weighted by atomic mass is 10.2. The average molecular weight is 241 g/mol. The SMILES string of the molecule is COC(=O)c1cc2c(OC(F)F)cccc2[nH]1. The molecule has 4 nitrogen and oxygen atoms in total. The molecule has 0 amide bonds. The Hall–Kier alpha value is -2.11. The van der Waals surface area contributed by atoms with Crippen LogP contribution in [-0.4, -0.2) is 24.7 Å². The van der Waals surface area contributed by atoms with Crippen LogP contribution in [0.3, 0.4) is 0 Å². The number of H-pyrrole nitrogens is 1. The first-order valence-corrected chi connectivity index (χ1v) is 4.76. The van der Waals surface area contributed by atoms with Crippen LogP contribution in [-0.2, 0) is 4.74 Å². The van der Waals surface area contributed by atoms with Crippen molar-refractivity contribution >= 4 is 16.9 Å². The highest BCUT2D eigenvalue weighted by atomic mass is 19.3. The number of carbonyl (C=O) groups excluding carboxylic acids is 1. The van der Waals surface area contributed by atoms with Crippen molar-refractivity contribution in [2.75, 3.05) is 7.11 Å². The molecule has 0 aliphatic heterocycles. The Kier molecular flexibility index (Phi) is 2.95. The number of halogens is 2. The predicted molar refractivity (Wildman–Crippen MR) is 56.3 cm³/mol. The quantitative estimate of drug-likeness (QED) is 0.840. The van der Waals surface area contributed by atoms with Crippen LogP contribution in [0.25, 0.3) is 10.9 Å². The summed E-state index contributed by atoms with van der Waals surface area (Å²) in [5, 5.41) is 0.410. The molecular formula is C11H9F2NO3. The highest BCUT2D eigenvalue weighted by molar-refractivity contribution is 5.96. The third-order valence-electron chi connectivity index (χ3n) is 2.25. The zero-order chi connectivity index (χ0) is 12.4. The van der Waals surface area contributed by atoms with E-state index in [9.17, 15) is 13.6 Å². The number of alkyl halides is 2. The molecule has 90 valence electrons. The largest absolute Gasteiger partial charge is 0.464 e. The summed E-state index contributed by atoms with van der Waals surface area (Å²) < 4.78 is 33.2. The van der Waals surface area contributed by atoms with Gasteiger partial charge in [0.15, 0.2) is 0 Å². The van der Waals surface area contributed by atoms with Crippen LogP contribution in [0.2, 0.25) is 0 Å². The first kappa shape index (κ1) is 11.4. The molecule has 0 saturated carbocycles. The minimum absolute atomic E-state index is 0.0175. The standard InChI is InChI=1S/C11H9F2NO3/c1-16-10(15)8-5-6-7(14-8)3-2-4-9(6)17-11(12)13/h2-5,11,14H,1H3. The van der Waals surface area contributed by atoms with Gasteiger partial charge in [0.1, 0.15) is 11.4 Å². The van der Waals surface area contributed by atoms with E-state index in [1.54, 1.807) is 12.1 Å². The number of carbonyl (C=O) groups is 1. The van der Waals surface area contributed by atoms with Gasteiger partial charge in [-0.2, -0.15) is 8.78 Å². The summed E-state index contributed by atoms with van der Waals surface area (Å²) >= 11 is 0. The molecule has 1 aromatic carbocycles. The van der Waals surface area contributed by atoms with Gasteiger partial charge in [0.2, 0.25) is 0 Å². The first-order chi connectivity index (χ1) is 8.11. The lowest BCUT2D eigenvalue weighted by Crippen LogP contribution is -2.01. The number of fused-ring (bicyclic) bond motifs is 1. The van der Waals surface area contributed by atoms with Crippen molar-refractivity contribution in [3.8, 4) is 5.75 Å². The van der Waals surface area contributed by atoms with E-state index in [4.69, 9.17) is 0 Å². The van der Waals surface area contributed by atoms with Crippen molar-refractivity contribution in [1.29, 1.82) is 0 Å². The van der Waals surface area contributed by atoms with Crippen LogP contribution in [0, 0.1) is 0 Å². The van der Waals surface area contributed by atoms with E-state index in [2.05, 4.69) is 14.5 Å². The second-order valence-electron chi connectivity index (χ2n) is 3.27. The summed E-state index contributed by atoms with van der Waals surface area (Å²) in [6.45, 7) is -2.91. The molecule has 0 saturated heterocycles. The lowest BCUT2D eigenvalue weighted by molar-refractivity contribution is -0.0487.